The number of nitrogens with zero attached hydrogens (tertiary/aromatic N) is 2. The van der Waals surface area contributed by atoms with Gasteiger partial charge in [-0.3, -0.25) is 0 Å². The van der Waals surface area contributed by atoms with Crippen LogP contribution in [-0.2, 0) is 0 Å². The van der Waals surface area contributed by atoms with Gasteiger partial charge in [-0.05, 0) is 118 Å². The lowest BCUT2D eigenvalue weighted by molar-refractivity contribution is 0.669. The van der Waals surface area contributed by atoms with Crippen LogP contribution in [-0.4, -0.2) is 4.57 Å². The summed E-state index contributed by atoms with van der Waals surface area (Å²) in [6, 6.07) is 78.6. The first-order chi connectivity index (χ1) is 29.7. The Kier molecular flexibility index (Phi) is 8.03. The largest absolute Gasteiger partial charge is 0.456 e. The monoisotopic (exact) mass is 784 g/mol. The maximum absolute atomic E-state index is 6.30. The summed E-state index contributed by atoms with van der Waals surface area (Å²) in [4.78, 5) is 3.62. The number of para-hydroxylation sites is 2. The van der Waals surface area contributed by atoms with Crippen molar-refractivity contribution in [3.63, 3.8) is 0 Å². The summed E-state index contributed by atoms with van der Waals surface area (Å²) in [5.74, 6) is 0. The summed E-state index contributed by atoms with van der Waals surface area (Å²) in [6.07, 6.45) is 0. The van der Waals surface area contributed by atoms with E-state index in [2.05, 4.69) is 222 Å². The molecule has 0 fully saturated rings. The molecular formula is C56H36N2OS. The summed E-state index contributed by atoms with van der Waals surface area (Å²) in [5, 5.41) is 6.04. The highest BCUT2D eigenvalue weighted by Gasteiger charge is 2.19. The normalized spacial score (nSPS) is 11.7. The van der Waals surface area contributed by atoms with E-state index in [0.29, 0.717) is 0 Å². The van der Waals surface area contributed by atoms with Crippen LogP contribution >= 0.6 is 11.3 Å². The van der Waals surface area contributed by atoms with Crippen LogP contribution in [0.2, 0.25) is 0 Å². The Morgan fingerprint density at radius 1 is 0.383 bits per heavy atom. The van der Waals surface area contributed by atoms with Gasteiger partial charge in [-0.1, -0.05) is 133 Å². The van der Waals surface area contributed by atoms with Crippen molar-refractivity contribution in [3.05, 3.63) is 218 Å². The second kappa shape index (κ2) is 14.0. The second-order valence-electron chi connectivity index (χ2n) is 15.3. The smallest absolute Gasteiger partial charge is 0.136 e. The van der Waals surface area contributed by atoms with Crippen LogP contribution in [0.1, 0.15) is 0 Å². The summed E-state index contributed by atoms with van der Waals surface area (Å²) in [6.45, 7) is 0. The fraction of sp³-hybridized carbons (Fsp3) is 0. The zero-order chi connectivity index (χ0) is 39.6. The molecule has 60 heavy (non-hydrogen) atoms. The van der Waals surface area contributed by atoms with Gasteiger partial charge in [0, 0.05) is 53.9 Å². The van der Waals surface area contributed by atoms with Crippen molar-refractivity contribution in [3.8, 4) is 38.4 Å². The minimum Gasteiger partial charge on any atom is -0.456 e. The molecule has 0 amide bonds. The minimum absolute atomic E-state index is 0.914. The lowest BCUT2D eigenvalue weighted by Crippen LogP contribution is -2.09. The second-order valence-corrected chi connectivity index (χ2v) is 16.4. The van der Waals surface area contributed by atoms with Crippen LogP contribution in [0.4, 0.5) is 17.1 Å². The van der Waals surface area contributed by atoms with Crippen LogP contribution in [0.15, 0.2) is 223 Å². The number of anilines is 3. The summed E-state index contributed by atoms with van der Waals surface area (Å²) in [7, 11) is 0. The Morgan fingerprint density at radius 3 is 1.62 bits per heavy atom. The molecule has 12 rings (SSSR count). The topological polar surface area (TPSA) is 21.3 Å². The van der Waals surface area contributed by atoms with E-state index in [0.717, 1.165) is 39.3 Å². The van der Waals surface area contributed by atoms with E-state index >= 15 is 0 Å². The summed E-state index contributed by atoms with van der Waals surface area (Å²) < 4.78 is 9.99. The van der Waals surface area contributed by atoms with Gasteiger partial charge < -0.3 is 13.9 Å². The van der Waals surface area contributed by atoms with Crippen LogP contribution in [0.25, 0.3) is 92.2 Å². The molecule has 0 saturated carbocycles. The highest BCUT2D eigenvalue weighted by Crippen LogP contribution is 2.42. The average molecular weight is 785 g/mol. The molecule has 0 aliphatic rings. The van der Waals surface area contributed by atoms with Gasteiger partial charge in [-0.2, -0.15) is 0 Å². The number of hydrogen-bond donors (Lipinski definition) is 0. The van der Waals surface area contributed by atoms with Crippen molar-refractivity contribution < 1.29 is 4.42 Å². The quantitative estimate of drug-likeness (QED) is 0.161. The van der Waals surface area contributed by atoms with Gasteiger partial charge in [-0.25, -0.2) is 0 Å². The molecule has 0 N–H and O–H groups in total. The number of fused-ring (bicyclic) bond motifs is 8. The Morgan fingerprint density at radius 2 is 0.933 bits per heavy atom. The maximum Gasteiger partial charge on any atom is 0.136 e. The van der Waals surface area contributed by atoms with Crippen molar-refractivity contribution in [2.75, 3.05) is 4.90 Å². The number of furan rings is 1. The number of hydrogen-bond acceptors (Lipinski definition) is 3. The van der Waals surface area contributed by atoms with E-state index in [-0.39, 0.29) is 0 Å². The van der Waals surface area contributed by atoms with Gasteiger partial charge in [0.2, 0.25) is 0 Å². The van der Waals surface area contributed by atoms with Gasteiger partial charge >= 0.3 is 0 Å². The van der Waals surface area contributed by atoms with E-state index in [1.54, 1.807) is 0 Å². The summed E-state index contributed by atoms with van der Waals surface area (Å²) >= 11 is 1.84. The SMILES string of the molecule is c1ccc(-c2ccc(N(c3ccc(-c4ccc(-n5c6ccccc6c6c7c(ccc65)oc5ccccc57)cc4)cc3)c3ccc(-c4cc5ccccc5s4)cc3)cc2)cc1. The molecule has 0 saturated heterocycles. The maximum atomic E-state index is 6.30. The first kappa shape index (κ1) is 34.4. The van der Waals surface area contributed by atoms with Crippen molar-refractivity contribution in [1.82, 2.24) is 4.57 Å². The van der Waals surface area contributed by atoms with E-state index in [9.17, 15) is 0 Å². The summed E-state index contributed by atoms with van der Waals surface area (Å²) in [5.41, 5.74) is 14.6. The highest BCUT2D eigenvalue weighted by molar-refractivity contribution is 7.22. The molecule has 0 radical (unpaired) electrons. The van der Waals surface area contributed by atoms with E-state index in [1.165, 1.54) is 70.0 Å². The molecule has 3 aromatic heterocycles. The number of aromatic nitrogens is 1. The molecule has 0 atom stereocenters. The molecule has 0 spiro atoms. The van der Waals surface area contributed by atoms with Crippen molar-refractivity contribution in [1.29, 1.82) is 0 Å². The molecule has 3 heterocycles. The number of rotatable bonds is 7. The zero-order valence-corrected chi connectivity index (χ0v) is 33.3. The average Bonchev–Trinajstić information content (AvgIpc) is 4.02. The third kappa shape index (κ3) is 5.72. The third-order valence-electron chi connectivity index (χ3n) is 11.8. The number of benzene rings is 9. The number of thiophene rings is 1. The van der Waals surface area contributed by atoms with Crippen molar-refractivity contribution in [2.45, 2.75) is 0 Å². The fourth-order valence-corrected chi connectivity index (χ4v) is 10.0. The Labute approximate surface area is 351 Å². The van der Waals surface area contributed by atoms with Crippen molar-refractivity contribution >= 4 is 82.2 Å². The molecule has 3 nitrogen and oxygen atoms in total. The predicted molar refractivity (Wildman–Crippen MR) is 254 cm³/mol. The van der Waals surface area contributed by atoms with Crippen LogP contribution in [0.3, 0.4) is 0 Å². The van der Waals surface area contributed by atoms with E-state index in [1.807, 2.05) is 17.4 Å². The first-order valence-electron chi connectivity index (χ1n) is 20.3. The van der Waals surface area contributed by atoms with Crippen LogP contribution < -0.4 is 4.90 Å². The minimum atomic E-state index is 0.914. The molecule has 0 aliphatic carbocycles. The standard InChI is InChI=1S/C56H36N2OS/c1-2-10-37(11-3-1)38-18-26-43(27-19-38)57(45-32-24-41(25-33-45)54-36-42-12-4-9-17-53(42)60-54)44-28-20-39(21-29-44)40-22-30-46(31-23-40)58-49-15-7-5-13-47(49)55-50(58)34-35-52-56(55)48-14-6-8-16-51(48)59-52/h1-36H. The molecule has 0 unspecified atom stereocenters. The van der Waals surface area contributed by atoms with Gasteiger partial charge in [0.25, 0.3) is 0 Å². The molecule has 9 aromatic carbocycles. The third-order valence-corrected chi connectivity index (χ3v) is 13.0. The molecule has 0 aliphatic heterocycles. The van der Waals surface area contributed by atoms with Gasteiger partial charge in [0.1, 0.15) is 11.2 Å². The lowest BCUT2D eigenvalue weighted by atomic mass is 10.0. The molecular weight excluding hydrogens is 749 g/mol. The van der Waals surface area contributed by atoms with Crippen LogP contribution in [0.5, 0.6) is 0 Å². The molecule has 0 bridgehead atoms. The zero-order valence-electron chi connectivity index (χ0n) is 32.5. The Balaban J connectivity index is 0.898. The Bertz CT molecular complexity index is 3470. The fourth-order valence-electron chi connectivity index (χ4n) is 8.94. The van der Waals surface area contributed by atoms with Gasteiger partial charge in [-0.15, -0.1) is 11.3 Å². The van der Waals surface area contributed by atoms with Gasteiger partial charge in [0.15, 0.2) is 0 Å². The van der Waals surface area contributed by atoms with E-state index in [4.69, 9.17) is 4.42 Å². The first-order valence-corrected chi connectivity index (χ1v) is 21.1. The van der Waals surface area contributed by atoms with Gasteiger partial charge in [0.05, 0.1) is 11.0 Å². The molecule has 12 aromatic rings. The van der Waals surface area contributed by atoms with E-state index < -0.39 is 0 Å². The molecule has 4 heteroatoms. The lowest BCUT2D eigenvalue weighted by Gasteiger charge is -2.26. The van der Waals surface area contributed by atoms with Crippen molar-refractivity contribution in [2.24, 2.45) is 0 Å². The van der Waals surface area contributed by atoms with Crippen LogP contribution in [0, 0.1) is 0 Å². The molecule has 282 valence electrons. The predicted octanol–water partition coefficient (Wildman–Crippen LogP) is 16.4. The Hall–Kier alpha value is -7.66. The highest BCUT2D eigenvalue weighted by atomic mass is 32.1.